The van der Waals surface area contributed by atoms with E-state index in [1.54, 1.807) is 20.0 Å². The average molecular weight is 294 g/mol. The van der Waals surface area contributed by atoms with Gasteiger partial charge in [0.05, 0.1) is 23.3 Å². The Kier molecular flexibility index (Phi) is 5.22. The van der Waals surface area contributed by atoms with Gasteiger partial charge in [0.2, 0.25) is 0 Å². The Morgan fingerprint density at radius 3 is 3.00 bits per heavy atom. The molecule has 1 aromatic rings. The Morgan fingerprint density at radius 2 is 2.33 bits per heavy atom. The van der Waals surface area contributed by atoms with Crippen molar-refractivity contribution in [3.05, 3.63) is 33.1 Å². The highest BCUT2D eigenvalue weighted by atomic mass is 16.6. The molecule has 1 aliphatic rings. The van der Waals surface area contributed by atoms with E-state index >= 15 is 0 Å². The maximum absolute atomic E-state index is 11.2. The highest BCUT2D eigenvalue weighted by Gasteiger charge is 2.23. The molecule has 1 saturated heterocycles. The van der Waals surface area contributed by atoms with Crippen molar-refractivity contribution < 1.29 is 9.66 Å². The Balaban J connectivity index is 2.12. The minimum atomic E-state index is -0.320. The van der Waals surface area contributed by atoms with Crippen LogP contribution in [0.1, 0.15) is 16.8 Å². The van der Waals surface area contributed by atoms with Crippen molar-refractivity contribution in [2.24, 2.45) is 0 Å². The molecule has 1 aliphatic heterocycles. The second-order valence-corrected chi connectivity index (χ2v) is 5.40. The molecule has 0 aliphatic carbocycles. The summed E-state index contributed by atoms with van der Waals surface area (Å²) in [6, 6.07) is 0. The number of morpholine rings is 1. The molecule has 0 aromatic carbocycles. The fraction of sp³-hybridized carbons (Fsp3) is 0.643. The number of aromatic nitrogens is 1. The van der Waals surface area contributed by atoms with Gasteiger partial charge < -0.3 is 10.1 Å². The van der Waals surface area contributed by atoms with Crippen LogP contribution in [-0.4, -0.2) is 54.2 Å². The van der Waals surface area contributed by atoms with Crippen LogP contribution >= 0.6 is 0 Å². The smallest absolute Gasteiger partial charge is 0.278 e. The summed E-state index contributed by atoms with van der Waals surface area (Å²) in [5, 5.41) is 14.3. The number of hydrogen-bond acceptors (Lipinski definition) is 6. The lowest BCUT2D eigenvalue weighted by Crippen LogP contribution is -2.45. The van der Waals surface area contributed by atoms with Crippen LogP contribution in [0.25, 0.3) is 0 Å². The summed E-state index contributed by atoms with van der Waals surface area (Å²) >= 11 is 0. The lowest BCUT2D eigenvalue weighted by Gasteiger charge is -2.32. The number of nitrogens with zero attached hydrogens (tertiary/aromatic N) is 3. The van der Waals surface area contributed by atoms with E-state index in [1.165, 1.54) is 0 Å². The van der Waals surface area contributed by atoms with Crippen molar-refractivity contribution in [3.8, 4) is 0 Å². The molecule has 116 valence electrons. The molecule has 21 heavy (non-hydrogen) atoms. The third-order valence-corrected chi connectivity index (χ3v) is 3.79. The molecule has 0 saturated carbocycles. The standard InChI is InChI=1S/C14H22N4O3/c1-10-6-16-13(11(2)14(10)18(19)20)9-17-4-5-21-12(8-17)7-15-3/h6,12,15H,4-5,7-9H2,1-3H3. The van der Waals surface area contributed by atoms with Crippen molar-refractivity contribution in [1.29, 1.82) is 0 Å². The molecule has 0 amide bonds. The summed E-state index contributed by atoms with van der Waals surface area (Å²) < 4.78 is 5.66. The molecule has 0 bridgehead atoms. The topological polar surface area (TPSA) is 80.5 Å². The fourth-order valence-corrected chi connectivity index (χ4v) is 2.69. The van der Waals surface area contributed by atoms with Crippen LogP contribution in [-0.2, 0) is 11.3 Å². The molecule has 1 aromatic heterocycles. The number of ether oxygens (including phenoxy) is 1. The average Bonchev–Trinajstić information content (AvgIpc) is 2.43. The summed E-state index contributed by atoms with van der Waals surface area (Å²) in [6.07, 6.45) is 1.75. The summed E-state index contributed by atoms with van der Waals surface area (Å²) in [5.41, 5.74) is 2.23. The zero-order chi connectivity index (χ0) is 15.4. The van der Waals surface area contributed by atoms with Gasteiger partial charge in [0.25, 0.3) is 5.69 Å². The van der Waals surface area contributed by atoms with E-state index in [0.29, 0.717) is 24.3 Å². The predicted octanol–water partition coefficient (Wildman–Crippen LogP) is 1.03. The molecule has 1 atom stereocenters. The van der Waals surface area contributed by atoms with Crippen LogP contribution in [0, 0.1) is 24.0 Å². The first kappa shape index (κ1) is 15.8. The van der Waals surface area contributed by atoms with Crippen LogP contribution in [0.4, 0.5) is 5.69 Å². The van der Waals surface area contributed by atoms with Crippen LogP contribution in [0.5, 0.6) is 0 Å². The van der Waals surface area contributed by atoms with E-state index < -0.39 is 0 Å². The Morgan fingerprint density at radius 1 is 1.57 bits per heavy atom. The molecule has 7 nitrogen and oxygen atoms in total. The lowest BCUT2D eigenvalue weighted by atomic mass is 10.1. The van der Waals surface area contributed by atoms with Gasteiger partial charge in [-0.1, -0.05) is 0 Å². The van der Waals surface area contributed by atoms with Gasteiger partial charge in [-0.15, -0.1) is 0 Å². The molecule has 7 heteroatoms. The normalized spacial score (nSPS) is 19.7. The van der Waals surface area contributed by atoms with Gasteiger partial charge in [0.1, 0.15) is 0 Å². The van der Waals surface area contributed by atoms with E-state index in [0.717, 1.165) is 25.3 Å². The first-order valence-corrected chi connectivity index (χ1v) is 7.11. The first-order valence-electron chi connectivity index (χ1n) is 7.11. The zero-order valence-electron chi connectivity index (χ0n) is 12.8. The largest absolute Gasteiger partial charge is 0.374 e. The van der Waals surface area contributed by atoms with Crippen molar-refractivity contribution in [1.82, 2.24) is 15.2 Å². The van der Waals surface area contributed by atoms with Crippen molar-refractivity contribution in [2.45, 2.75) is 26.5 Å². The number of pyridine rings is 1. The number of rotatable bonds is 5. The number of likely N-dealkylation sites (N-methyl/N-ethyl adjacent to an activating group) is 1. The van der Waals surface area contributed by atoms with E-state index in [1.807, 2.05) is 7.05 Å². The number of nitro groups is 1. The quantitative estimate of drug-likeness (QED) is 0.645. The minimum absolute atomic E-state index is 0.157. The number of nitrogens with one attached hydrogen (secondary N) is 1. The highest BCUT2D eigenvalue weighted by molar-refractivity contribution is 5.47. The van der Waals surface area contributed by atoms with Gasteiger partial charge in [-0.3, -0.25) is 20.0 Å². The van der Waals surface area contributed by atoms with Crippen molar-refractivity contribution in [3.63, 3.8) is 0 Å². The van der Waals surface area contributed by atoms with Crippen LogP contribution in [0.2, 0.25) is 0 Å². The van der Waals surface area contributed by atoms with Crippen molar-refractivity contribution >= 4 is 5.69 Å². The minimum Gasteiger partial charge on any atom is -0.374 e. The lowest BCUT2D eigenvalue weighted by molar-refractivity contribution is -0.386. The summed E-state index contributed by atoms with van der Waals surface area (Å²) in [6.45, 7) is 7.23. The SMILES string of the molecule is CNCC1CN(Cc2ncc(C)c([N+](=O)[O-])c2C)CCO1. The molecule has 1 N–H and O–H groups in total. The van der Waals surface area contributed by atoms with Gasteiger partial charge in [0, 0.05) is 43.5 Å². The molecule has 1 fully saturated rings. The fourth-order valence-electron chi connectivity index (χ4n) is 2.69. The maximum Gasteiger partial charge on any atom is 0.278 e. The zero-order valence-corrected chi connectivity index (χ0v) is 12.8. The van der Waals surface area contributed by atoms with Gasteiger partial charge in [-0.25, -0.2) is 0 Å². The predicted molar refractivity (Wildman–Crippen MR) is 79.3 cm³/mol. The second kappa shape index (κ2) is 6.93. The molecular formula is C14H22N4O3. The summed E-state index contributed by atoms with van der Waals surface area (Å²) in [7, 11) is 1.90. The summed E-state index contributed by atoms with van der Waals surface area (Å²) in [4.78, 5) is 17.5. The van der Waals surface area contributed by atoms with Gasteiger partial charge >= 0.3 is 0 Å². The third kappa shape index (κ3) is 3.75. The summed E-state index contributed by atoms with van der Waals surface area (Å²) in [5.74, 6) is 0. The second-order valence-electron chi connectivity index (χ2n) is 5.40. The van der Waals surface area contributed by atoms with E-state index in [9.17, 15) is 10.1 Å². The monoisotopic (exact) mass is 294 g/mol. The third-order valence-electron chi connectivity index (χ3n) is 3.79. The van der Waals surface area contributed by atoms with E-state index in [-0.39, 0.29) is 16.7 Å². The Labute approximate surface area is 124 Å². The van der Waals surface area contributed by atoms with E-state index in [4.69, 9.17) is 4.74 Å². The van der Waals surface area contributed by atoms with Crippen LogP contribution < -0.4 is 5.32 Å². The maximum atomic E-state index is 11.2. The molecule has 0 radical (unpaired) electrons. The number of hydrogen-bond donors (Lipinski definition) is 1. The Bertz CT molecular complexity index is 519. The Hall–Kier alpha value is -1.57. The van der Waals surface area contributed by atoms with Gasteiger partial charge in [-0.2, -0.15) is 0 Å². The molecule has 0 spiro atoms. The number of aryl methyl sites for hydroxylation is 1. The highest BCUT2D eigenvalue weighted by Crippen LogP contribution is 2.25. The molecular weight excluding hydrogens is 272 g/mol. The molecule has 2 heterocycles. The van der Waals surface area contributed by atoms with Crippen LogP contribution in [0.15, 0.2) is 6.20 Å². The first-order chi connectivity index (χ1) is 10.0. The van der Waals surface area contributed by atoms with E-state index in [2.05, 4.69) is 15.2 Å². The van der Waals surface area contributed by atoms with Crippen molar-refractivity contribution in [2.75, 3.05) is 33.3 Å². The van der Waals surface area contributed by atoms with Gasteiger partial charge in [0.15, 0.2) is 0 Å². The molecule has 1 unspecified atom stereocenters. The van der Waals surface area contributed by atoms with Gasteiger partial charge in [-0.05, 0) is 20.9 Å². The van der Waals surface area contributed by atoms with Crippen LogP contribution in [0.3, 0.4) is 0 Å². The molecule has 2 rings (SSSR count).